The minimum atomic E-state index is 0.530. The summed E-state index contributed by atoms with van der Waals surface area (Å²) in [6.07, 6.45) is 7.97. The Morgan fingerprint density at radius 1 is 1.33 bits per heavy atom. The summed E-state index contributed by atoms with van der Waals surface area (Å²) in [6, 6.07) is 0.530. The Morgan fingerprint density at radius 2 is 2.22 bits per heavy atom. The van der Waals surface area contributed by atoms with Crippen molar-refractivity contribution in [3.05, 3.63) is 15.6 Å². The zero-order valence-electron chi connectivity index (χ0n) is 11.5. The van der Waals surface area contributed by atoms with Crippen LogP contribution in [-0.2, 0) is 6.42 Å². The predicted molar refractivity (Wildman–Crippen MR) is 77.2 cm³/mol. The SMILES string of the molecule is CCNC1CCCc2sc(C3CCC(C)C3)nc21. The minimum Gasteiger partial charge on any atom is -0.309 e. The van der Waals surface area contributed by atoms with Gasteiger partial charge in [0.05, 0.1) is 16.7 Å². The molecule has 0 spiro atoms. The maximum Gasteiger partial charge on any atom is 0.0962 e. The van der Waals surface area contributed by atoms with Crippen molar-refractivity contribution in [1.29, 1.82) is 0 Å². The highest BCUT2D eigenvalue weighted by Gasteiger charge is 2.29. The molecule has 2 aliphatic rings. The fraction of sp³-hybridized carbons (Fsp3) is 0.800. The lowest BCUT2D eigenvalue weighted by Gasteiger charge is -2.21. The smallest absolute Gasteiger partial charge is 0.0962 e. The normalized spacial score (nSPS) is 31.6. The average molecular weight is 264 g/mol. The van der Waals surface area contributed by atoms with Crippen molar-refractivity contribution < 1.29 is 0 Å². The number of hydrogen-bond acceptors (Lipinski definition) is 3. The van der Waals surface area contributed by atoms with Crippen molar-refractivity contribution in [3.8, 4) is 0 Å². The van der Waals surface area contributed by atoms with E-state index in [1.54, 1.807) is 4.88 Å². The number of aryl methyl sites for hydroxylation is 1. The van der Waals surface area contributed by atoms with Gasteiger partial charge in [0.25, 0.3) is 0 Å². The molecule has 3 rings (SSSR count). The summed E-state index contributed by atoms with van der Waals surface area (Å²) >= 11 is 2.01. The molecule has 0 aromatic carbocycles. The van der Waals surface area contributed by atoms with Crippen molar-refractivity contribution in [1.82, 2.24) is 10.3 Å². The molecular weight excluding hydrogens is 240 g/mol. The van der Waals surface area contributed by atoms with Crippen LogP contribution in [0.5, 0.6) is 0 Å². The van der Waals surface area contributed by atoms with Crippen LogP contribution in [0.3, 0.4) is 0 Å². The van der Waals surface area contributed by atoms with E-state index in [2.05, 4.69) is 19.2 Å². The molecule has 3 unspecified atom stereocenters. The highest BCUT2D eigenvalue weighted by molar-refractivity contribution is 7.11. The van der Waals surface area contributed by atoms with Crippen molar-refractivity contribution in [3.63, 3.8) is 0 Å². The Balaban J connectivity index is 1.82. The number of fused-ring (bicyclic) bond motifs is 1. The molecule has 18 heavy (non-hydrogen) atoms. The summed E-state index contributed by atoms with van der Waals surface area (Å²) < 4.78 is 0. The van der Waals surface area contributed by atoms with Gasteiger partial charge >= 0.3 is 0 Å². The van der Waals surface area contributed by atoms with E-state index in [0.717, 1.165) is 18.4 Å². The van der Waals surface area contributed by atoms with Gasteiger partial charge in [-0.25, -0.2) is 4.98 Å². The van der Waals surface area contributed by atoms with Crippen LogP contribution in [0.2, 0.25) is 0 Å². The molecule has 0 saturated heterocycles. The number of thiazole rings is 1. The van der Waals surface area contributed by atoms with E-state index in [1.807, 2.05) is 11.3 Å². The molecule has 0 aliphatic heterocycles. The quantitative estimate of drug-likeness (QED) is 0.891. The standard InChI is InChI=1S/C15H24N2S/c1-3-16-12-5-4-6-13-14(12)17-15(18-13)11-8-7-10(2)9-11/h10-12,16H,3-9H2,1-2H3. The Hall–Kier alpha value is -0.410. The van der Waals surface area contributed by atoms with Crippen molar-refractivity contribution >= 4 is 11.3 Å². The Kier molecular flexibility index (Phi) is 3.71. The fourth-order valence-corrected chi connectivity index (χ4v) is 4.80. The molecule has 1 N–H and O–H groups in total. The molecule has 0 radical (unpaired) electrons. The van der Waals surface area contributed by atoms with E-state index in [0.29, 0.717) is 6.04 Å². The van der Waals surface area contributed by atoms with Gasteiger partial charge in [-0.1, -0.05) is 20.3 Å². The fourth-order valence-electron chi connectivity index (χ4n) is 3.49. The lowest BCUT2D eigenvalue weighted by molar-refractivity contribution is 0.463. The molecule has 1 saturated carbocycles. The van der Waals surface area contributed by atoms with Gasteiger partial charge in [-0.3, -0.25) is 0 Å². The van der Waals surface area contributed by atoms with E-state index in [9.17, 15) is 0 Å². The van der Waals surface area contributed by atoms with Crippen molar-refractivity contribution in [2.45, 2.75) is 64.3 Å². The molecule has 1 aromatic rings. The number of rotatable bonds is 3. The third kappa shape index (κ3) is 2.35. The number of nitrogens with zero attached hydrogens (tertiary/aromatic N) is 1. The lowest BCUT2D eigenvalue weighted by Crippen LogP contribution is -2.24. The van der Waals surface area contributed by atoms with Crippen LogP contribution in [0.1, 0.15) is 73.5 Å². The van der Waals surface area contributed by atoms with Gasteiger partial charge < -0.3 is 5.32 Å². The highest BCUT2D eigenvalue weighted by atomic mass is 32.1. The summed E-state index contributed by atoms with van der Waals surface area (Å²) in [5.41, 5.74) is 1.39. The first-order valence-corrected chi connectivity index (χ1v) is 8.32. The van der Waals surface area contributed by atoms with Crippen LogP contribution in [0.4, 0.5) is 0 Å². The summed E-state index contributed by atoms with van der Waals surface area (Å²) in [5.74, 6) is 1.67. The molecule has 1 aromatic heterocycles. The van der Waals surface area contributed by atoms with Gasteiger partial charge in [-0.15, -0.1) is 11.3 Å². The second-order valence-electron chi connectivity index (χ2n) is 5.98. The molecule has 3 heteroatoms. The number of nitrogens with one attached hydrogen (secondary N) is 1. The first-order valence-electron chi connectivity index (χ1n) is 7.50. The van der Waals surface area contributed by atoms with Gasteiger partial charge in [0.1, 0.15) is 0 Å². The molecule has 2 nitrogen and oxygen atoms in total. The topological polar surface area (TPSA) is 24.9 Å². The first kappa shape index (κ1) is 12.6. The molecule has 100 valence electrons. The zero-order chi connectivity index (χ0) is 12.5. The van der Waals surface area contributed by atoms with Crippen molar-refractivity contribution in [2.24, 2.45) is 5.92 Å². The van der Waals surface area contributed by atoms with Crippen LogP contribution in [-0.4, -0.2) is 11.5 Å². The Labute approximate surface area is 114 Å². The Bertz CT molecular complexity index is 413. The molecule has 0 amide bonds. The molecule has 1 heterocycles. The lowest BCUT2D eigenvalue weighted by atomic mass is 9.97. The molecule has 3 atom stereocenters. The van der Waals surface area contributed by atoms with Gasteiger partial charge in [0, 0.05) is 10.8 Å². The predicted octanol–water partition coefficient (Wildman–Crippen LogP) is 4.03. The minimum absolute atomic E-state index is 0.530. The maximum atomic E-state index is 5.02. The van der Waals surface area contributed by atoms with E-state index < -0.39 is 0 Å². The number of hydrogen-bond donors (Lipinski definition) is 1. The summed E-state index contributed by atoms with van der Waals surface area (Å²) in [6.45, 7) is 5.63. The molecule has 0 bridgehead atoms. The second-order valence-corrected chi connectivity index (χ2v) is 7.09. The van der Waals surface area contributed by atoms with Crippen LogP contribution in [0.15, 0.2) is 0 Å². The van der Waals surface area contributed by atoms with E-state index >= 15 is 0 Å². The molecule has 2 aliphatic carbocycles. The third-order valence-corrected chi connectivity index (χ3v) is 5.76. The maximum absolute atomic E-state index is 5.02. The third-order valence-electron chi connectivity index (χ3n) is 4.47. The molecular formula is C15H24N2S. The first-order chi connectivity index (χ1) is 8.78. The largest absolute Gasteiger partial charge is 0.309 e. The van der Waals surface area contributed by atoms with E-state index in [4.69, 9.17) is 4.98 Å². The van der Waals surface area contributed by atoms with E-state index in [1.165, 1.54) is 49.2 Å². The average Bonchev–Trinajstić information content (AvgIpc) is 2.95. The van der Waals surface area contributed by atoms with Gasteiger partial charge in [0.15, 0.2) is 0 Å². The summed E-state index contributed by atoms with van der Waals surface area (Å²) in [7, 11) is 0. The summed E-state index contributed by atoms with van der Waals surface area (Å²) in [4.78, 5) is 6.59. The highest BCUT2D eigenvalue weighted by Crippen LogP contribution is 2.42. The second kappa shape index (κ2) is 5.30. The van der Waals surface area contributed by atoms with Crippen molar-refractivity contribution in [2.75, 3.05) is 6.54 Å². The number of aromatic nitrogens is 1. The van der Waals surface area contributed by atoms with E-state index in [-0.39, 0.29) is 0 Å². The van der Waals surface area contributed by atoms with Crippen LogP contribution in [0.25, 0.3) is 0 Å². The molecule has 1 fully saturated rings. The summed E-state index contributed by atoms with van der Waals surface area (Å²) in [5, 5.41) is 5.04. The monoisotopic (exact) mass is 264 g/mol. The van der Waals surface area contributed by atoms with Gasteiger partial charge in [0.2, 0.25) is 0 Å². The van der Waals surface area contributed by atoms with Crippen LogP contribution in [0, 0.1) is 5.92 Å². The zero-order valence-corrected chi connectivity index (χ0v) is 12.4. The van der Waals surface area contributed by atoms with Crippen LogP contribution < -0.4 is 5.32 Å². The van der Waals surface area contributed by atoms with Gasteiger partial charge in [-0.2, -0.15) is 0 Å². The van der Waals surface area contributed by atoms with Gasteiger partial charge in [-0.05, 0) is 44.6 Å². The van der Waals surface area contributed by atoms with Crippen LogP contribution >= 0.6 is 11.3 Å². The Morgan fingerprint density at radius 3 is 2.94 bits per heavy atom.